The number of amides is 1. The van der Waals surface area contributed by atoms with Crippen molar-refractivity contribution in [3.63, 3.8) is 0 Å². The van der Waals surface area contributed by atoms with Crippen molar-refractivity contribution in [1.82, 2.24) is 5.48 Å². The molecule has 1 aliphatic rings. The Morgan fingerprint density at radius 2 is 2.27 bits per heavy atom. The number of aliphatic hydroxyl groups excluding tert-OH is 3. The summed E-state index contributed by atoms with van der Waals surface area (Å²) in [6.07, 6.45) is -3.95. The molecule has 4 N–H and O–H groups in total. The molecular weight excluding hydrogens is 206 g/mol. The van der Waals surface area contributed by atoms with Gasteiger partial charge in [0.25, 0.3) is 0 Å². The van der Waals surface area contributed by atoms with E-state index in [9.17, 15) is 15.0 Å². The lowest BCUT2D eigenvalue weighted by Gasteiger charge is -2.35. The normalized spacial score (nSPS) is 36.3. The van der Waals surface area contributed by atoms with Gasteiger partial charge in [-0.3, -0.25) is 4.79 Å². The molecule has 0 bridgehead atoms. The maximum absolute atomic E-state index is 10.5. The van der Waals surface area contributed by atoms with Gasteiger partial charge in [-0.2, -0.15) is 0 Å². The third-order valence-corrected chi connectivity index (χ3v) is 2.05. The molecule has 1 heterocycles. The summed E-state index contributed by atoms with van der Waals surface area (Å²) < 4.78 is 5.07. The Balaban J connectivity index is 2.44. The van der Waals surface area contributed by atoms with Crippen LogP contribution in [0.2, 0.25) is 0 Å². The van der Waals surface area contributed by atoms with Crippen molar-refractivity contribution in [3.8, 4) is 0 Å². The summed E-state index contributed by atoms with van der Waals surface area (Å²) >= 11 is 0. The van der Waals surface area contributed by atoms with Crippen LogP contribution in [0.15, 0.2) is 0 Å². The fraction of sp³-hybridized carbons (Fsp3) is 0.875. The Morgan fingerprint density at radius 1 is 1.60 bits per heavy atom. The van der Waals surface area contributed by atoms with Gasteiger partial charge in [-0.25, -0.2) is 10.3 Å². The van der Waals surface area contributed by atoms with E-state index in [-0.39, 0.29) is 6.42 Å². The smallest absolute Gasteiger partial charge is 0.240 e. The van der Waals surface area contributed by atoms with Crippen LogP contribution in [0, 0.1) is 0 Å². The van der Waals surface area contributed by atoms with Crippen LogP contribution >= 0.6 is 0 Å². The van der Waals surface area contributed by atoms with E-state index >= 15 is 0 Å². The summed E-state index contributed by atoms with van der Waals surface area (Å²) in [5.41, 5.74) is 2.06. The molecule has 0 aromatic carbocycles. The number of nitrogens with one attached hydrogen (secondary N) is 1. The van der Waals surface area contributed by atoms with E-state index < -0.39 is 37.1 Å². The first kappa shape index (κ1) is 12.3. The predicted octanol–water partition coefficient (Wildman–Crippen LogP) is -2.12. The van der Waals surface area contributed by atoms with Crippen molar-refractivity contribution in [1.29, 1.82) is 0 Å². The minimum absolute atomic E-state index is 0.0257. The highest BCUT2D eigenvalue weighted by atomic mass is 16.8. The summed E-state index contributed by atoms with van der Waals surface area (Å²) in [6.45, 7) is 0.829. The van der Waals surface area contributed by atoms with Crippen molar-refractivity contribution in [2.45, 2.75) is 37.9 Å². The van der Waals surface area contributed by atoms with Gasteiger partial charge < -0.3 is 20.1 Å². The second kappa shape index (κ2) is 5.38. The summed E-state index contributed by atoms with van der Waals surface area (Å²) in [6, 6.07) is 0. The third-order valence-electron chi connectivity index (χ3n) is 2.05. The predicted molar refractivity (Wildman–Crippen MR) is 47.3 cm³/mol. The Morgan fingerprint density at radius 3 is 2.80 bits per heavy atom. The highest BCUT2D eigenvalue weighted by molar-refractivity contribution is 5.71. The van der Waals surface area contributed by atoms with Gasteiger partial charge >= 0.3 is 0 Å². The average molecular weight is 221 g/mol. The summed E-state index contributed by atoms with van der Waals surface area (Å²) in [5.74, 6) is -0.403. The average Bonchev–Trinajstić information content (AvgIpc) is 2.19. The molecule has 4 atom stereocenters. The molecule has 0 radical (unpaired) electrons. The van der Waals surface area contributed by atoms with E-state index in [1.807, 2.05) is 0 Å². The first-order valence-corrected chi connectivity index (χ1v) is 4.59. The van der Waals surface area contributed by atoms with E-state index in [2.05, 4.69) is 5.48 Å². The molecule has 15 heavy (non-hydrogen) atoms. The van der Waals surface area contributed by atoms with Crippen molar-refractivity contribution in [2.75, 3.05) is 6.61 Å². The zero-order valence-electron chi connectivity index (χ0n) is 8.29. The number of hydrogen-bond acceptors (Lipinski definition) is 6. The molecule has 0 aliphatic carbocycles. The maximum Gasteiger partial charge on any atom is 0.240 e. The third kappa shape index (κ3) is 3.40. The Hall–Kier alpha value is -0.730. The highest BCUT2D eigenvalue weighted by Crippen LogP contribution is 2.20. The first-order chi connectivity index (χ1) is 7.04. The van der Waals surface area contributed by atoms with Gasteiger partial charge in [-0.05, 0) is 0 Å². The van der Waals surface area contributed by atoms with Crippen LogP contribution in [-0.2, 0) is 14.4 Å². The lowest BCUT2D eigenvalue weighted by Crippen LogP contribution is -2.51. The number of hydrogen-bond donors (Lipinski definition) is 4. The van der Waals surface area contributed by atoms with Crippen molar-refractivity contribution >= 4 is 5.91 Å². The molecule has 0 aromatic heterocycles. The number of hydroxylamine groups is 1. The highest BCUT2D eigenvalue weighted by Gasteiger charge is 2.37. The van der Waals surface area contributed by atoms with Crippen LogP contribution in [0.25, 0.3) is 0 Å². The Bertz CT molecular complexity index is 223. The molecule has 0 aromatic rings. The molecule has 1 fully saturated rings. The first-order valence-electron chi connectivity index (χ1n) is 4.59. The van der Waals surface area contributed by atoms with Crippen LogP contribution in [0.5, 0.6) is 0 Å². The number of aliphatic hydroxyl groups is 3. The lowest BCUT2D eigenvalue weighted by molar-refractivity contribution is -0.271. The van der Waals surface area contributed by atoms with E-state index in [4.69, 9.17) is 14.7 Å². The van der Waals surface area contributed by atoms with Crippen LogP contribution in [0.1, 0.15) is 13.3 Å². The molecule has 1 rings (SSSR count). The number of carbonyl (C=O) groups excluding carboxylic acids is 1. The van der Waals surface area contributed by atoms with Crippen molar-refractivity contribution in [3.05, 3.63) is 0 Å². The van der Waals surface area contributed by atoms with E-state index in [1.165, 1.54) is 6.92 Å². The number of rotatable bonds is 3. The molecule has 0 unspecified atom stereocenters. The largest absolute Gasteiger partial charge is 0.394 e. The van der Waals surface area contributed by atoms with Gasteiger partial charge in [0.2, 0.25) is 5.91 Å². The zero-order valence-corrected chi connectivity index (χ0v) is 8.29. The van der Waals surface area contributed by atoms with E-state index in [1.54, 1.807) is 0 Å². The second-order valence-corrected chi connectivity index (χ2v) is 3.36. The summed E-state index contributed by atoms with van der Waals surface area (Å²) in [5, 5.41) is 27.6. The van der Waals surface area contributed by atoms with Gasteiger partial charge in [0.1, 0.15) is 12.2 Å². The van der Waals surface area contributed by atoms with Crippen molar-refractivity contribution < 1.29 is 29.7 Å². The van der Waals surface area contributed by atoms with Crippen LogP contribution in [0.4, 0.5) is 0 Å². The van der Waals surface area contributed by atoms with Gasteiger partial charge in [0, 0.05) is 13.3 Å². The molecule has 1 amide bonds. The molecule has 1 saturated heterocycles. The lowest BCUT2D eigenvalue weighted by atomic mass is 10.0. The second-order valence-electron chi connectivity index (χ2n) is 3.36. The van der Waals surface area contributed by atoms with Gasteiger partial charge in [-0.1, -0.05) is 0 Å². The minimum Gasteiger partial charge on any atom is -0.394 e. The van der Waals surface area contributed by atoms with Gasteiger partial charge in [0.15, 0.2) is 6.29 Å². The zero-order chi connectivity index (χ0) is 11.4. The standard InChI is InChI=1S/C8H15NO6/c1-4(11)9-15-7-2-5(12)8(13)6(3-10)14-7/h5-8,10,12-13H,2-3H2,1H3,(H,9,11)/t5-,6+,7+,8-/m0/s1. The molecule has 0 spiro atoms. The SMILES string of the molecule is CC(=O)NO[C@@H]1C[C@H](O)[C@H](O)[C@@H](CO)O1. The number of carbonyl (C=O) groups is 1. The maximum atomic E-state index is 10.5. The molecule has 88 valence electrons. The topological polar surface area (TPSA) is 108 Å². The van der Waals surface area contributed by atoms with Crippen LogP contribution in [-0.4, -0.2) is 52.4 Å². The fourth-order valence-corrected chi connectivity index (χ4v) is 1.29. The molecule has 7 nitrogen and oxygen atoms in total. The molecular formula is C8H15NO6. The quantitative estimate of drug-likeness (QED) is 0.406. The fourth-order valence-electron chi connectivity index (χ4n) is 1.29. The van der Waals surface area contributed by atoms with Crippen LogP contribution < -0.4 is 5.48 Å². The summed E-state index contributed by atoms with van der Waals surface area (Å²) in [4.78, 5) is 15.3. The molecule has 7 heteroatoms. The minimum atomic E-state index is -1.15. The van der Waals surface area contributed by atoms with Gasteiger partial charge in [-0.15, -0.1) is 0 Å². The van der Waals surface area contributed by atoms with Gasteiger partial charge in [0.05, 0.1) is 12.7 Å². The van der Waals surface area contributed by atoms with Crippen LogP contribution in [0.3, 0.4) is 0 Å². The number of ether oxygens (including phenoxy) is 1. The monoisotopic (exact) mass is 221 g/mol. The Labute approximate surface area is 86.6 Å². The van der Waals surface area contributed by atoms with E-state index in [0.29, 0.717) is 0 Å². The Kier molecular flexibility index (Phi) is 4.43. The molecule has 0 saturated carbocycles. The van der Waals surface area contributed by atoms with E-state index in [0.717, 1.165) is 0 Å². The van der Waals surface area contributed by atoms with Crippen molar-refractivity contribution in [2.24, 2.45) is 0 Å². The molecule has 1 aliphatic heterocycles. The summed E-state index contributed by atoms with van der Waals surface area (Å²) in [7, 11) is 0.